The maximum Gasteiger partial charge on any atom is 0.254 e. The zero-order valence-electron chi connectivity index (χ0n) is 15.9. The molecule has 1 saturated carbocycles. The standard InChI is InChI=1S/C21H25N3O2S.ClH/c1-22-19(25)16-3-2-4-17(11-16)20(26)24(13-15-5-10-27-14-15)18-12-21(18)6-8-23-9-7-21;/h2-5,10-11,14,18,23H,6-9,12-13H2,1H3,(H,22,25);1H. The van der Waals surface area contributed by atoms with Gasteiger partial charge in [-0.1, -0.05) is 6.07 Å². The number of piperidine rings is 1. The number of hydrogen-bond donors (Lipinski definition) is 2. The number of nitrogens with one attached hydrogen (secondary N) is 2. The second-order valence-corrected chi connectivity index (χ2v) is 8.34. The number of benzene rings is 1. The molecule has 2 amide bonds. The van der Waals surface area contributed by atoms with Gasteiger partial charge in [-0.25, -0.2) is 0 Å². The van der Waals surface area contributed by atoms with Crippen LogP contribution in [0.15, 0.2) is 41.1 Å². The van der Waals surface area contributed by atoms with Gasteiger partial charge in [-0.15, -0.1) is 12.4 Å². The maximum absolute atomic E-state index is 13.4. The van der Waals surface area contributed by atoms with Gasteiger partial charge >= 0.3 is 0 Å². The summed E-state index contributed by atoms with van der Waals surface area (Å²) in [5.41, 5.74) is 2.55. The normalized spacial score (nSPS) is 19.5. The van der Waals surface area contributed by atoms with E-state index in [1.54, 1.807) is 36.6 Å². The van der Waals surface area contributed by atoms with Crippen molar-refractivity contribution in [1.29, 1.82) is 0 Å². The van der Waals surface area contributed by atoms with E-state index in [0.29, 0.717) is 17.7 Å². The summed E-state index contributed by atoms with van der Waals surface area (Å²) in [5, 5.41) is 10.2. The van der Waals surface area contributed by atoms with Gasteiger partial charge in [0.1, 0.15) is 0 Å². The first-order valence-corrected chi connectivity index (χ1v) is 10.4. The molecule has 150 valence electrons. The summed E-state index contributed by atoms with van der Waals surface area (Å²) in [6.45, 7) is 2.69. The van der Waals surface area contributed by atoms with E-state index < -0.39 is 0 Å². The zero-order valence-corrected chi connectivity index (χ0v) is 17.6. The SMILES string of the molecule is CNC(=O)c1cccc(C(=O)N(Cc2ccsc2)C2CC23CCNCC3)c1.Cl. The van der Waals surface area contributed by atoms with Crippen LogP contribution < -0.4 is 10.6 Å². The van der Waals surface area contributed by atoms with E-state index in [4.69, 9.17) is 0 Å². The van der Waals surface area contributed by atoms with Gasteiger partial charge in [0.25, 0.3) is 11.8 Å². The Morgan fingerprint density at radius 3 is 2.68 bits per heavy atom. The van der Waals surface area contributed by atoms with Gasteiger partial charge in [-0.2, -0.15) is 11.3 Å². The van der Waals surface area contributed by atoms with Crippen LogP contribution in [0.1, 0.15) is 45.5 Å². The first-order valence-electron chi connectivity index (χ1n) is 9.48. The van der Waals surface area contributed by atoms with E-state index in [-0.39, 0.29) is 35.7 Å². The van der Waals surface area contributed by atoms with Gasteiger partial charge in [0.05, 0.1) is 0 Å². The van der Waals surface area contributed by atoms with Crippen molar-refractivity contribution in [3.63, 3.8) is 0 Å². The molecule has 7 heteroatoms. The van der Waals surface area contributed by atoms with Gasteiger partial charge in [0.15, 0.2) is 0 Å². The summed E-state index contributed by atoms with van der Waals surface area (Å²) >= 11 is 1.66. The van der Waals surface area contributed by atoms with Gasteiger partial charge in [-0.3, -0.25) is 9.59 Å². The van der Waals surface area contributed by atoms with Gasteiger partial charge in [0, 0.05) is 30.8 Å². The fourth-order valence-electron chi connectivity index (χ4n) is 4.24. The number of hydrogen-bond acceptors (Lipinski definition) is 4. The van der Waals surface area contributed by atoms with Crippen LogP contribution in [0.4, 0.5) is 0 Å². The molecule has 1 spiro atoms. The minimum atomic E-state index is -0.171. The maximum atomic E-state index is 13.4. The lowest BCUT2D eigenvalue weighted by Gasteiger charge is -2.29. The Labute approximate surface area is 175 Å². The van der Waals surface area contributed by atoms with Crippen LogP contribution in [-0.4, -0.2) is 42.9 Å². The molecule has 1 aliphatic carbocycles. The van der Waals surface area contributed by atoms with Gasteiger partial charge < -0.3 is 15.5 Å². The van der Waals surface area contributed by atoms with Crippen molar-refractivity contribution in [2.45, 2.75) is 31.8 Å². The lowest BCUT2D eigenvalue weighted by Crippen LogP contribution is -2.39. The molecule has 5 nitrogen and oxygen atoms in total. The highest BCUT2D eigenvalue weighted by Crippen LogP contribution is 2.56. The first-order chi connectivity index (χ1) is 13.1. The quantitative estimate of drug-likeness (QED) is 0.781. The molecule has 2 heterocycles. The molecule has 1 aliphatic heterocycles. The average Bonchev–Trinajstić information content (AvgIpc) is 3.14. The Balaban J connectivity index is 0.00000225. The molecule has 1 atom stereocenters. The largest absolute Gasteiger partial charge is 0.355 e. The Hall–Kier alpha value is -1.89. The lowest BCUT2D eigenvalue weighted by atomic mass is 9.93. The molecular formula is C21H26ClN3O2S. The van der Waals surface area contributed by atoms with Crippen molar-refractivity contribution < 1.29 is 9.59 Å². The lowest BCUT2D eigenvalue weighted by molar-refractivity contribution is 0.0692. The van der Waals surface area contributed by atoms with Crippen molar-refractivity contribution in [2.24, 2.45) is 5.41 Å². The molecular weight excluding hydrogens is 394 g/mol. The molecule has 4 rings (SSSR count). The molecule has 2 fully saturated rings. The van der Waals surface area contributed by atoms with E-state index in [1.807, 2.05) is 11.0 Å². The smallest absolute Gasteiger partial charge is 0.254 e. The second-order valence-electron chi connectivity index (χ2n) is 7.56. The number of thiophene rings is 1. The van der Waals surface area contributed by atoms with Crippen molar-refractivity contribution in [3.8, 4) is 0 Å². The van der Waals surface area contributed by atoms with Crippen LogP contribution in [-0.2, 0) is 6.54 Å². The second kappa shape index (κ2) is 8.64. The summed E-state index contributed by atoms with van der Waals surface area (Å²) in [6, 6.07) is 9.42. The molecule has 1 saturated heterocycles. The Morgan fingerprint density at radius 1 is 1.25 bits per heavy atom. The number of amides is 2. The minimum Gasteiger partial charge on any atom is -0.355 e. The Kier molecular flexibility index (Phi) is 6.43. The molecule has 28 heavy (non-hydrogen) atoms. The summed E-state index contributed by atoms with van der Waals surface area (Å²) in [4.78, 5) is 27.4. The van der Waals surface area contributed by atoms with Crippen molar-refractivity contribution in [1.82, 2.24) is 15.5 Å². The van der Waals surface area contributed by atoms with Gasteiger partial charge in [-0.05, 0) is 78.4 Å². The van der Waals surface area contributed by atoms with Gasteiger partial charge in [0.2, 0.25) is 0 Å². The van der Waals surface area contributed by atoms with E-state index in [1.165, 1.54) is 5.56 Å². The van der Waals surface area contributed by atoms with Crippen LogP contribution >= 0.6 is 23.7 Å². The van der Waals surface area contributed by atoms with Crippen LogP contribution in [0, 0.1) is 5.41 Å². The number of carbonyl (C=O) groups excluding carboxylic acids is 2. The molecule has 1 aromatic heterocycles. The van der Waals surface area contributed by atoms with Crippen molar-refractivity contribution >= 4 is 35.6 Å². The summed E-state index contributed by atoms with van der Waals surface area (Å²) in [5.74, 6) is -0.150. The summed E-state index contributed by atoms with van der Waals surface area (Å²) in [6.07, 6.45) is 3.34. The van der Waals surface area contributed by atoms with Crippen LogP contribution in [0.3, 0.4) is 0 Å². The molecule has 0 radical (unpaired) electrons. The van der Waals surface area contributed by atoms with Crippen LogP contribution in [0.2, 0.25) is 0 Å². The third-order valence-corrected chi connectivity index (χ3v) is 6.65. The Morgan fingerprint density at radius 2 is 2.00 bits per heavy atom. The summed E-state index contributed by atoms with van der Waals surface area (Å²) < 4.78 is 0. The average molecular weight is 420 g/mol. The van der Waals surface area contributed by atoms with Crippen molar-refractivity contribution in [2.75, 3.05) is 20.1 Å². The van der Waals surface area contributed by atoms with Crippen LogP contribution in [0.25, 0.3) is 0 Å². The molecule has 1 aromatic carbocycles. The number of nitrogens with zero attached hydrogens (tertiary/aromatic N) is 1. The molecule has 1 unspecified atom stereocenters. The van der Waals surface area contributed by atoms with Crippen LogP contribution in [0.5, 0.6) is 0 Å². The monoisotopic (exact) mass is 419 g/mol. The third-order valence-electron chi connectivity index (χ3n) is 5.91. The van der Waals surface area contributed by atoms with E-state index in [2.05, 4.69) is 27.5 Å². The fourth-order valence-corrected chi connectivity index (χ4v) is 4.90. The highest BCUT2D eigenvalue weighted by Gasteiger charge is 2.57. The first kappa shape index (κ1) is 20.8. The molecule has 2 aliphatic rings. The minimum absolute atomic E-state index is 0. The topological polar surface area (TPSA) is 61.4 Å². The van der Waals surface area contributed by atoms with Crippen molar-refractivity contribution in [3.05, 3.63) is 57.8 Å². The predicted octanol–water partition coefficient (Wildman–Crippen LogP) is 3.31. The van der Waals surface area contributed by atoms with E-state index in [0.717, 1.165) is 32.4 Å². The molecule has 2 N–H and O–H groups in total. The number of halogens is 1. The Bertz CT molecular complexity index is 834. The highest BCUT2D eigenvalue weighted by atomic mass is 35.5. The van der Waals surface area contributed by atoms with E-state index in [9.17, 15) is 9.59 Å². The third kappa shape index (κ3) is 4.09. The number of carbonyl (C=O) groups is 2. The zero-order chi connectivity index (χ0) is 18.9. The predicted molar refractivity (Wildman–Crippen MR) is 114 cm³/mol. The van der Waals surface area contributed by atoms with E-state index >= 15 is 0 Å². The summed E-state index contributed by atoms with van der Waals surface area (Å²) in [7, 11) is 1.60. The molecule has 0 bridgehead atoms. The molecule has 2 aromatic rings. The number of rotatable bonds is 5. The fraction of sp³-hybridized carbons (Fsp3) is 0.429. The highest BCUT2D eigenvalue weighted by molar-refractivity contribution is 7.07.